The Morgan fingerprint density at radius 1 is 1.56 bits per heavy atom. The fourth-order valence-electron chi connectivity index (χ4n) is 0.548. The third kappa shape index (κ3) is 5.30. The summed E-state index contributed by atoms with van der Waals surface area (Å²) in [4.78, 5) is 10.4. The number of carbonyl (C=O) groups excluding carboxylic acids is 1. The number of rotatable bonds is 4. The number of methoxy groups -OCH3 is 1. The Morgan fingerprint density at radius 2 is 2.22 bits per heavy atom. The third-order valence-electron chi connectivity index (χ3n) is 1.11. The number of carbonyl (C=O) groups is 1. The number of quaternary nitrogens is 1. The van der Waals surface area contributed by atoms with Crippen molar-refractivity contribution < 1.29 is 15.3 Å². The summed E-state index contributed by atoms with van der Waals surface area (Å²) in [6.07, 6.45) is 2.44. The van der Waals surface area contributed by atoms with E-state index < -0.39 is 0 Å². The molecular weight excluding hydrogens is 118 g/mol. The second-order valence-electron chi connectivity index (χ2n) is 1.89. The van der Waals surface area contributed by atoms with Crippen LogP contribution in [0.2, 0.25) is 0 Å². The molecule has 54 valence electrons. The zero-order valence-electron chi connectivity index (χ0n) is 5.85. The maximum absolute atomic E-state index is 10.4. The smallest absolute Gasteiger partial charge is 0.305 e. The first-order valence-electron chi connectivity index (χ1n) is 3.17. The van der Waals surface area contributed by atoms with E-state index in [4.69, 9.17) is 0 Å². The Morgan fingerprint density at radius 3 is 2.67 bits per heavy atom. The Hall–Kier alpha value is -0.570. The zero-order chi connectivity index (χ0) is 7.11. The average molecular weight is 132 g/mol. The maximum Gasteiger partial charge on any atom is 0.305 e. The minimum Gasteiger partial charge on any atom is -0.469 e. The molecule has 0 aromatic heterocycles. The average Bonchev–Trinajstić information content (AvgIpc) is 1.89. The van der Waals surface area contributed by atoms with Gasteiger partial charge in [0.05, 0.1) is 13.7 Å². The highest BCUT2D eigenvalue weighted by Crippen LogP contribution is 1.93. The Labute approximate surface area is 55.2 Å². The van der Waals surface area contributed by atoms with Crippen molar-refractivity contribution in [3.8, 4) is 0 Å². The largest absolute Gasteiger partial charge is 0.469 e. The number of esters is 1. The number of unbranched alkanes of at least 4 members (excludes halogenated alkanes) is 1. The fraction of sp³-hybridized carbons (Fsp3) is 0.833. The summed E-state index contributed by atoms with van der Waals surface area (Å²) in [7, 11) is 1.41. The molecule has 0 amide bonds. The molecule has 3 heteroatoms. The lowest BCUT2D eigenvalue weighted by Gasteiger charge is -1.94. The van der Waals surface area contributed by atoms with Crippen molar-refractivity contribution in [1.82, 2.24) is 0 Å². The highest BCUT2D eigenvalue weighted by atomic mass is 16.5. The van der Waals surface area contributed by atoms with Crippen molar-refractivity contribution in [2.75, 3.05) is 13.7 Å². The van der Waals surface area contributed by atoms with Crippen LogP contribution in [0.25, 0.3) is 0 Å². The fourth-order valence-corrected chi connectivity index (χ4v) is 0.548. The normalized spacial score (nSPS) is 9.11. The van der Waals surface area contributed by atoms with Crippen LogP contribution in [0.15, 0.2) is 0 Å². The first-order valence-corrected chi connectivity index (χ1v) is 3.17. The predicted molar refractivity (Wildman–Crippen MR) is 33.6 cm³/mol. The molecule has 0 saturated carbocycles. The number of hydrogen-bond acceptors (Lipinski definition) is 2. The second-order valence-corrected chi connectivity index (χ2v) is 1.89. The molecule has 0 bridgehead atoms. The van der Waals surface area contributed by atoms with Crippen molar-refractivity contribution in [2.45, 2.75) is 19.3 Å². The van der Waals surface area contributed by atoms with E-state index in [2.05, 4.69) is 10.5 Å². The van der Waals surface area contributed by atoms with Crippen molar-refractivity contribution >= 4 is 5.97 Å². The van der Waals surface area contributed by atoms with E-state index in [1.165, 1.54) is 7.11 Å². The van der Waals surface area contributed by atoms with E-state index in [9.17, 15) is 4.79 Å². The molecule has 0 aliphatic heterocycles. The van der Waals surface area contributed by atoms with Gasteiger partial charge in [-0.3, -0.25) is 4.79 Å². The van der Waals surface area contributed by atoms with Crippen LogP contribution in [0.1, 0.15) is 19.3 Å². The first-order chi connectivity index (χ1) is 4.31. The molecular formula is C6H14NO2+. The van der Waals surface area contributed by atoms with Crippen LogP contribution in [0.3, 0.4) is 0 Å². The van der Waals surface area contributed by atoms with Crippen LogP contribution in [-0.4, -0.2) is 19.6 Å². The van der Waals surface area contributed by atoms with E-state index >= 15 is 0 Å². The summed E-state index contributed by atoms with van der Waals surface area (Å²) >= 11 is 0. The van der Waals surface area contributed by atoms with Crippen molar-refractivity contribution in [2.24, 2.45) is 0 Å². The van der Waals surface area contributed by atoms with Gasteiger partial charge in [0.2, 0.25) is 0 Å². The van der Waals surface area contributed by atoms with Crippen LogP contribution < -0.4 is 5.73 Å². The summed E-state index contributed by atoms with van der Waals surface area (Å²) in [5, 5.41) is 0. The van der Waals surface area contributed by atoms with Gasteiger partial charge >= 0.3 is 5.97 Å². The highest BCUT2D eigenvalue weighted by Gasteiger charge is 1.97. The molecule has 0 heterocycles. The summed E-state index contributed by atoms with van der Waals surface area (Å²) in [5.74, 6) is -0.122. The SMILES string of the molecule is COC(=O)CCCC[NH3+]. The molecule has 9 heavy (non-hydrogen) atoms. The molecule has 0 radical (unpaired) electrons. The van der Waals surface area contributed by atoms with Gasteiger partial charge in [-0.05, 0) is 12.8 Å². The van der Waals surface area contributed by atoms with Gasteiger partial charge in [0.15, 0.2) is 0 Å². The highest BCUT2D eigenvalue weighted by molar-refractivity contribution is 5.68. The third-order valence-corrected chi connectivity index (χ3v) is 1.11. The van der Waals surface area contributed by atoms with E-state index in [-0.39, 0.29) is 5.97 Å². The maximum atomic E-state index is 10.4. The van der Waals surface area contributed by atoms with Crippen LogP contribution in [0.4, 0.5) is 0 Å². The predicted octanol–water partition coefficient (Wildman–Crippen LogP) is -0.428. The molecule has 0 saturated heterocycles. The minimum atomic E-state index is -0.122. The van der Waals surface area contributed by atoms with E-state index in [1.807, 2.05) is 0 Å². The molecule has 0 unspecified atom stereocenters. The summed E-state index contributed by atoms with van der Waals surface area (Å²) in [6, 6.07) is 0. The minimum absolute atomic E-state index is 0.122. The summed E-state index contributed by atoms with van der Waals surface area (Å²) in [6.45, 7) is 0.900. The monoisotopic (exact) mass is 132 g/mol. The summed E-state index contributed by atoms with van der Waals surface area (Å²) < 4.78 is 4.44. The quantitative estimate of drug-likeness (QED) is 0.417. The van der Waals surface area contributed by atoms with Gasteiger partial charge in [-0.25, -0.2) is 0 Å². The van der Waals surface area contributed by atoms with Gasteiger partial charge < -0.3 is 10.5 Å². The topological polar surface area (TPSA) is 53.9 Å². The van der Waals surface area contributed by atoms with Crippen LogP contribution in [-0.2, 0) is 9.53 Å². The zero-order valence-corrected chi connectivity index (χ0v) is 5.85. The van der Waals surface area contributed by atoms with Gasteiger partial charge in [0, 0.05) is 6.42 Å². The van der Waals surface area contributed by atoms with Crippen LogP contribution >= 0.6 is 0 Å². The molecule has 0 atom stereocenters. The van der Waals surface area contributed by atoms with Crippen molar-refractivity contribution in [3.05, 3.63) is 0 Å². The number of hydrogen-bond donors (Lipinski definition) is 1. The van der Waals surface area contributed by atoms with E-state index in [0.717, 1.165) is 19.4 Å². The van der Waals surface area contributed by atoms with Gasteiger partial charge in [-0.2, -0.15) is 0 Å². The molecule has 0 aromatic rings. The lowest BCUT2D eigenvalue weighted by molar-refractivity contribution is -0.368. The Bertz CT molecular complexity index is 83.1. The Kier molecular flexibility index (Phi) is 5.21. The Balaban J connectivity index is 2.97. The van der Waals surface area contributed by atoms with Gasteiger partial charge in [0.1, 0.15) is 0 Å². The van der Waals surface area contributed by atoms with E-state index in [0.29, 0.717) is 6.42 Å². The van der Waals surface area contributed by atoms with Gasteiger partial charge in [-0.15, -0.1) is 0 Å². The second kappa shape index (κ2) is 5.56. The molecule has 3 N–H and O–H groups in total. The lowest BCUT2D eigenvalue weighted by atomic mass is 10.2. The molecule has 0 rings (SSSR count). The molecule has 3 nitrogen and oxygen atoms in total. The molecule has 0 fully saturated rings. The van der Waals surface area contributed by atoms with Crippen molar-refractivity contribution in [3.63, 3.8) is 0 Å². The standard InChI is InChI=1S/C6H13NO2/c1-9-6(8)4-2-3-5-7/h2-5,7H2,1H3/p+1. The van der Waals surface area contributed by atoms with E-state index in [1.54, 1.807) is 0 Å². The van der Waals surface area contributed by atoms with Crippen LogP contribution in [0, 0.1) is 0 Å². The first kappa shape index (κ1) is 8.43. The number of ether oxygens (including phenoxy) is 1. The van der Waals surface area contributed by atoms with Crippen molar-refractivity contribution in [1.29, 1.82) is 0 Å². The van der Waals surface area contributed by atoms with Crippen LogP contribution in [0.5, 0.6) is 0 Å². The van der Waals surface area contributed by atoms with Gasteiger partial charge in [0.25, 0.3) is 0 Å². The molecule has 0 aromatic carbocycles. The lowest BCUT2D eigenvalue weighted by Crippen LogP contribution is -2.50. The van der Waals surface area contributed by atoms with Gasteiger partial charge in [-0.1, -0.05) is 0 Å². The molecule has 0 spiro atoms. The molecule has 0 aliphatic carbocycles. The summed E-state index contributed by atoms with van der Waals surface area (Å²) in [5.41, 5.74) is 3.66. The molecule has 0 aliphatic rings.